The predicted molar refractivity (Wildman–Crippen MR) is 98.4 cm³/mol. The van der Waals surface area contributed by atoms with Crippen LogP contribution in [0, 0.1) is 17.3 Å². The number of hydrogen-bond donors (Lipinski definition) is 1. The summed E-state index contributed by atoms with van der Waals surface area (Å²) in [6.07, 6.45) is -3.20. The number of carboxylic acids is 1. The fourth-order valence-electron chi connectivity index (χ4n) is 5.19. The van der Waals surface area contributed by atoms with Crippen LogP contribution in [0.5, 0.6) is 0 Å². The minimum absolute atomic E-state index is 0.0899. The molecule has 30 heavy (non-hydrogen) atoms. The smallest absolute Gasteiger partial charge is 0.435 e. The Bertz CT molecular complexity index is 860. The van der Waals surface area contributed by atoms with Crippen molar-refractivity contribution in [1.82, 2.24) is 14.7 Å². The zero-order valence-electron chi connectivity index (χ0n) is 17.1. The van der Waals surface area contributed by atoms with Crippen molar-refractivity contribution in [2.24, 2.45) is 17.3 Å². The average molecular weight is 429 g/mol. The Hall–Kier alpha value is -2.10. The first-order valence-corrected chi connectivity index (χ1v) is 10.3. The van der Waals surface area contributed by atoms with E-state index in [9.17, 15) is 27.9 Å². The molecular weight excluding hydrogens is 403 g/mol. The molecule has 3 aliphatic rings. The minimum atomic E-state index is -4.65. The highest BCUT2D eigenvalue weighted by Crippen LogP contribution is 2.65. The van der Waals surface area contributed by atoms with Gasteiger partial charge in [0.25, 0.3) is 0 Å². The Kier molecular flexibility index (Phi) is 4.91. The van der Waals surface area contributed by atoms with E-state index in [1.54, 1.807) is 0 Å². The molecule has 2 aliphatic heterocycles. The number of carbonyl (C=O) groups is 2. The number of carbonyl (C=O) groups excluding carboxylic acids is 1. The Morgan fingerprint density at radius 2 is 2.03 bits per heavy atom. The van der Waals surface area contributed by atoms with E-state index in [1.807, 2.05) is 13.8 Å². The highest BCUT2D eigenvalue weighted by atomic mass is 19.4. The van der Waals surface area contributed by atoms with E-state index in [2.05, 4.69) is 5.10 Å². The molecule has 2 saturated heterocycles. The first-order valence-electron chi connectivity index (χ1n) is 10.3. The van der Waals surface area contributed by atoms with Crippen LogP contribution in [0.15, 0.2) is 6.07 Å². The zero-order valence-corrected chi connectivity index (χ0v) is 17.1. The number of halogens is 3. The second-order valence-electron chi connectivity index (χ2n) is 9.17. The van der Waals surface area contributed by atoms with E-state index in [0.29, 0.717) is 19.6 Å². The number of likely N-dealkylation sites (tertiary alicyclic amines) is 1. The van der Waals surface area contributed by atoms with Gasteiger partial charge >= 0.3 is 12.1 Å². The number of aromatic nitrogens is 2. The van der Waals surface area contributed by atoms with Gasteiger partial charge in [0, 0.05) is 19.1 Å². The van der Waals surface area contributed by atoms with Crippen molar-refractivity contribution in [2.45, 2.75) is 64.4 Å². The van der Waals surface area contributed by atoms with Crippen LogP contribution < -0.4 is 0 Å². The van der Waals surface area contributed by atoms with E-state index >= 15 is 0 Å². The van der Waals surface area contributed by atoms with Crippen molar-refractivity contribution in [1.29, 1.82) is 0 Å². The minimum Gasteiger partial charge on any atom is -0.480 e. The molecule has 0 aromatic carbocycles. The number of alkyl halides is 3. The highest BCUT2D eigenvalue weighted by Gasteiger charge is 2.69. The van der Waals surface area contributed by atoms with Crippen LogP contribution in [0.2, 0.25) is 0 Å². The molecule has 1 aromatic rings. The highest BCUT2D eigenvalue weighted by molar-refractivity contribution is 5.89. The van der Waals surface area contributed by atoms with Gasteiger partial charge in [0.1, 0.15) is 12.3 Å². The summed E-state index contributed by atoms with van der Waals surface area (Å²) in [5.74, 6) is -2.58. The summed E-state index contributed by atoms with van der Waals surface area (Å²) in [6, 6.07) is -0.0684. The van der Waals surface area contributed by atoms with Gasteiger partial charge in [0.05, 0.1) is 11.6 Å². The van der Waals surface area contributed by atoms with Gasteiger partial charge in [-0.15, -0.1) is 0 Å². The summed E-state index contributed by atoms with van der Waals surface area (Å²) < 4.78 is 46.8. The Labute approximate surface area is 172 Å². The van der Waals surface area contributed by atoms with Crippen molar-refractivity contribution in [2.75, 3.05) is 13.2 Å². The molecule has 0 spiro atoms. The third-order valence-electron chi connectivity index (χ3n) is 7.04. The van der Waals surface area contributed by atoms with Crippen LogP contribution >= 0.6 is 0 Å². The maximum Gasteiger partial charge on any atom is 0.435 e. The monoisotopic (exact) mass is 429 g/mol. The van der Waals surface area contributed by atoms with Gasteiger partial charge < -0.3 is 14.7 Å². The Balaban J connectivity index is 1.64. The molecule has 1 N–H and O–H groups in total. The van der Waals surface area contributed by atoms with Gasteiger partial charge in [0.15, 0.2) is 5.69 Å². The molecular formula is C20H26F3N3O4. The summed E-state index contributed by atoms with van der Waals surface area (Å²) in [6.45, 7) is 6.19. The Morgan fingerprint density at radius 3 is 2.60 bits per heavy atom. The second-order valence-corrected chi connectivity index (χ2v) is 9.17. The van der Waals surface area contributed by atoms with Crippen molar-refractivity contribution >= 4 is 11.9 Å². The van der Waals surface area contributed by atoms with Gasteiger partial charge in [-0.2, -0.15) is 18.3 Å². The van der Waals surface area contributed by atoms with Crippen molar-refractivity contribution in [3.8, 4) is 0 Å². The summed E-state index contributed by atoms with van der Waals surface area (Å²) in [7, 11) is 0. The first-order chi connectivity index (χ1) is 13.9. The number of aliphatic carboxylic acids is 1. The standard InChI is InChI=1S/C20H26F3N3O4/c1-10(17(27)25-9-11-15(19(11,2)3)16(25)18(28)29)12-8-13(20(21,22)23)24-26(12)14-6-4-5-7-30-14/h8,10-11,14-16H,4-7,9H2,1-3H3,(H,28,29)/t10?,11-,14?,15-,16-/m0/s1. The lowest BCUT2D eigenvalue weighted by molar-refractivity contribution is -0.150. The van der Waals surface area contributed by atoms with Crippen LogP contribution in [-0.2, 0) is 20.5 Å². The van der Waals surface area contributed by atoms with E-state index in [4.69, 9.17) is 4.74 Å². The van der Waals surface area contributed by atoms with Gasteiger partial charge in [-0.1, -0.05) is 13.8 Å². The molecule has 1 aromatic heterocycles. The molecule has 10 heteroatoms. The molecule has 166 valence electrons. The fraction of sp³-hybridized carbons (Fsp3) is 0.750. The maximum absolute atomic E-state index is 13.3. The molecule has 0 radical (unpaired) electrons. The van der Waals surface area contributed by atoms with Crippen LogP contribution in [0.25, 0.3) is 0 Å². The largest absolute Gasteiger partial charge is 0.480 e. The van der Waals surface area contributed by atoms with Crippen molar-refractivity contribution in [3.05, 3.63) is 17.5 Å². The Morgan fingerprint density at radius 1 is 1.33 bits per heavy atom. The maximum atomic E-state index is 13.3. The summed E-state index contributed by atoms with van der Waals surface area (Å²) in [4.78, 5) is 26.4. The third kappa shape index (κ3) is 3.29. The molecule has 5 atom stereocenters. The lowest BCUT2D eigenvalue weighted by Crippen LogP contribution is -2.47. The first kappa shape index (κ1) is 21.1. The van der Waals surface area contributed by atoms with E-state index < -0.39 is 41.9 Å². The van der Waals surface area contributed by atoms with Crippen LogP contribution in [-0.4, -0.2) is 50.9 Å². The number of fused-ring (bicyclic) bond motifs is 1. The zero-order chi connectivity index (χ0) is 22.0. The number of nitrogens with zero attached hydrogens (tertiary/aromatic N) is 3. The molecule has 2 unspecified atom stereocenters. The van der Waals surface area contributed by atoms with E-state index in [1.165, 1.54) is 16.5 Å². The van der Waals surface area contributed by atoms with Crippen LogP contribution in [0.3, 0.4) is 0 Å². The number of carboxylic acid groups (broad SMARTS) is 1. The van der Waals surface area contributed by atoms with Crippen LogP contribution in [0.1, 0.15) is 63.6 Å². The molecule has 4 rings (SSSR count). The van der Waals surface area contributed by atoms with E-state index in [0.717, 1.165) is 18.9 Å². The number of ether oxygens (including phenoxy) is 1. The quantitative estimate of drug-likeness (QED) is 0.794. The third-order valence-corrected chi connectivity index (χ3v) is 7.04. The SMILES string of the molecule is CC(C(=O)N1C[C@H]2[C@@H]([C@H]1C(=O)O)C2(C)C)c1cc(C(F)(F)F)nn1C1CCCCO1. The lowest BCUT2D eigenvalue weighted by atomic mass is 9.98. The summed E-state index contributed by atoms with van der Waals surface area (Å²) >= 11 is 0. The average Bonchev–Trinajstić information content (AvgIpc) is 3.09. The van der Waals surface area contributed by atoms with Gasteiger partial charge in [-0.25, -0.2) is 9.48 Å². The van der Waals surface area contributed by atoms with E-state index in [-0.39, 0.29) is 22.9 Å². The van der Waals surface area contributed by atoms with Gasteiger partial charge in [-0.3, -0.25) is 4.79 Å². The molecule has 1 amide bonds. The molecule has 1 saturated carbocycles. The number of piperidine rings is 1. The lowest BCUT2D eigenvalue weighted by Gasteiger charge is -2.31. The number of rotatable bonds is 4. The topological polar surface area (TPSA) is 84.7 Å². The van der Waals surface area contributed by atoms with Crippen molar-refractivity contribution < 1.29 is 32.6 Å². The summed E-state index contributed by atoms with van der Waals surface area (Å²) in [5, 5.41) is 13.4. The molecule has 3 heterocycles. The summed E-state index contributed by atoms with van der Waals surface area (Å²) in [5.41, 5.74) is -1.13. The number of hydrogen-bond acceptors (Lipinski definition) is 4. The molecule has 1 aliphatic carbocycles. The fourth-order valence-corrected chi connectivity index (χ4v) is 5.19. The number of amides is 1. The van der Waals surface area contributed by atoms with Crippen LogP contribution in [0.4, 0.5) is 13.2 Å². The van der Waals surface area contributed by atoms with Crippen molar-refractivity contribution in [3.63, 3.8) is 0 Å². The molecule has 3 fully saturated rings. The normalized spacial score (nSPS) is 31.3. The molecule has 0 bridgehead atoms. The second kappa shape index (κ2) is 6.96. The predicted octanol–water partition coefficient (Wildman–Crippen LogP) is 3.27. The molecule has 7 nitrogen and oxygen atoms in total. The van der Waals surface area contributed by atoms with Gasteiger partial charge in [0.2, 0.25) is 5.91 Å². The van der Waals surface area contributed by atoms with Gasteiger partial charge in [-0.05, 0) is 43.6 Å².